The van der Waals surface area contributed by atoms with Crippen molar-refractivity contribution in [2.24, 2.45) is 0 Å². The van der Waals surface area contributed by atoms with Crippen LogP contribution in [-0.2, 0) is 9.59 Å². The molecule has 5 heteroatoms. The average Bonchev–Trinajstić information content (AvgIpc) is 2.04. The molecule has 0 aromatic carbocycles. The van der Waals surface area contributed by atoms with Crippen molar-refractivity contribution in [3.05, 3.63) is 0 Å². The Labute approximate surface area is 75.7 Å². The molecule has 0 spiro atoms. The summed E-state index contributed by atoms with van der Waals surface area (Å²) < 4.78 is 0. The summed E-state index contributed by atoms with van der Waals surface area (Å²) >= 11 is 1.63. The normalized spacial score (nSPS) is 18.6. The number of hydrogen-bond acceptors (Lipinski definition) is 4. The predicted molar refractivity (Wildman–Crippen MR) is 48.0 cm³/mol. The third kappa shape index (κ3) is 2.22. The summed E-state index contributed by atoms with van der Waals surface area (Å²) in [6.07, 6.45) is 1.96. The quantitative estimate of drug-likeness (QED) is 0.595. The van der Waals surface area contributed by atoms with Gasteiger partial charge < -0.3 is 0 Å². The van der Waals surface area contributed by atoms with Crippen LogP contribution in [0.1, 0.15) is 0 Å². The van der Waals surface area contributed by atoms with Gasteiger partial charge in [0.2, 0.25) is 11.8 Å². The number of nitrogens with zero attached hydrogens (tertiary/aromatic N) is 1. The smallest absolute Gasteiger partial charge is 0.243 e. The molecule has 12 heavy (non-hydrogen) atoms. The minimum absolute atomic E-state index is 0.111. The number of carbonyl (C=O) groups is 2. The fraction of sp³-hybridized carbons (Fsp3) is 0.714. The van der Waals surface area contributed by atoms with E-state index in [0.29, 0.717) is 19.6 Å². The molecule has 2 amide bonds. The van der Waals surface area contributed by atoms with Crippen LogP contribution in [-0.4, -0.2) is 48.4 Å². The molecule has 1 saturated heterocycles. The predicted octanol–water partition coefficient (Wildman–Crippen LogP) is -0.692. The number of carbonyl (C=O) groups excluding carboxylic acids is 2. The molecule has 0 radical (unpaired) electrons. The molecule has 0 saturated carbocycles. The van der Waals surface area contributed by atoms with E-state index in [1.165, 1.54) is 4.90 Å². The first kappa shape index (κ1) is 9.54. The van der Waals surface area contributed by atoms with Gasteiger partial charge in [-0.25, -0.2) is 0 Å². The van der Waals surface area contributed by atoms with Crippen LogP contribution in [0.15, 0.2) is 0 Å². The number of thioether (sulfide) groups is 1. The van der Waals surface area contributed by atoms with Gasteiger partial charge in [-0.2, -0.15) is 11.8 Å². The van der Waals surface area contributed by atoms with Crippen LogP contribution >= 0.6 is 11.8 Å². The summed E-state index contributed by atoms with van der Waals surface area (Å²) in [6, 6.07) is 0. The van der Waals surface area contributed by atoms with E-state index in [1.54, 1.807) is 11.8 Å². The summed E-state index contributed by atoms with van der Waals surface area (Å²) in [7, 11) is 0. The lowest BCUT2D eigenvalue weighted by atomic mass is 10.3. The number of piperazine rings is 1. The van der Waals surface area contributed by atoms with Gasteiger partial charge in [-0.1, -0.05) is 0 Å². The standard InChI is InChI=1S/C7H12N2O2S/c1-12-3-2-9-6(10)4-8-5-7(9)11/h8H,2-5H2,1H3. The first-order chi connectivity index (χ1) is 5.75. The van der Waals surface area contributed by atoms with Crippen molar-refractivity contribution in [3.63, 3.8) is 0 Å². The number of nitrogens with one attached hydrogen (secondary N) is 1. The Morgan fingerprint density at radius 1 is 1.42 bits per heavy atom. The SMILES string of the molecule is CSCCN1C(=O)CNCC1=O. The third-order valence-corrected chi connectivity index (χ3v) is 2.26. The highest BCUT2D eigenvalue weighted by atomic mass is 32.2. The molecule has 0 aromatic heterocycles. The first-order valence-corrected chi connectivity index (χ1v) is 5.18. The van der Waals surface area contributed by atoms with E-state index in [0.717, 1.165) is 5.75 Å². The molecular formula is C7H12N2O2S. The summed E-state index contributed by atoms with van der Waals surface area (Å²) in [5, 5.41) is 2.74. The molecule has 1 heterocycles. The Hall–Kier alpha value is -0.550. The Balaban J connectivity index is 2.45. The second kappa shape index (κ2) is 4.47. The molecule has 1 N–H and O–H groups in total. The highest BCUT2D eigenvalue weighted by Crippen LogP contribution is 1.99. The van der Waals surface area contributed by atoms with E-state index in [-0.39, 0.29) is 11.8 Å². The molecular weight excluding hydrogens is 176 g/mol. The van der Waals surface area contributed by atoms with Crippen LogP contribution in [0.25, 0.3) is 0 Å². The second-order valence-electron chi connectivity index (χ2n) is 2.54. The maximum atomic E-state index is 11.1. The van der Waals surface area contributed by atoms with Gasteiger partial charge in [0, 0.05) is 12.3 Å². The van der Waals surface area contributed by atoms with Gasteiger partial charge in [-0.3, -0.25) is 19.8 Å². The lowest BCUT2D eigenvalue weighted by Crippen LogP contribution is -2.52. The van der Waals surface area contributed by atoms with Crippen LogP contribution in [0, 0.1) is 0 Å². The molecule has 0 aliphatic carbocycles. The van der Waals surface area contributed by atoms with Crippen LogP contribution in [0.5, 0.6) is 0 Å². The highest BCUT2D eigenvalue weighted by molar-refractivity contribution is 7.98. The van der Waals surface area contributed by atoms with Crippen molar-refractivity contribution in [3.8, 4) is 0 Å². The van der Waals surface area contributed by atoms with Crippen LogP contribution in [0.2, 0.25) is 0 Å². The number of amides is 2. The third-order valence-electron chi connectivity index (χ3n) is 1.67. The lowest BCUT2D eigenvalue weighted by molar-refractivity contribution is -0.146. The molecule has 4 nitrogen and oxygen atoms in total. The topological polar surface area (TPSA) is 49.4 Å². The number of rotatable bonds is 3. The van der Waals surface area contributed by atoms with E-state index in [9.17, 15) is 9.59 Å². The molecule has 1 fully saturated rings. The van der Waals surface area contributed by atoms with Crippen molar-refractivity contribution < 1.29 is 9.59 Å². The molecule has 1 aliphatic rings. The molecule has 0 unspecified atom stereocenters. The Morgan fingerprint density at radius 3 is 2.50 bits per heavy atom. The highest BCUT2D eigenvalue weighted by Gasteiger charge is 2.24. The van der Waals surface area contributed by atoms with Gasteiger partial charge in [0.15, 0.2) is 0 Å². The molecule has 1 rings (SSSR count). The second-order valence-corrected chi connectivity index (χ2v) is 3.52. The minimum Gasteiger partial charge on any atom is -0.300 e. The van der Waals surface area contributed by atoms with Crippen molar-refractivity contribution in [1.29, 1.82) is 0 Å². The van der Waals surface area contributed by atoms with Gasteiger partial charge in [-0.15, -0.1) is 0 Å². The van der Waals surface area contributed by atoms with Crippen molar-refractivity contribution in [1.82, 2.24) is 10.2 Å². The number of imide groups is 1. The van der Waals surface area contributed by atoms with E-state index in [4.69, 9.17) is 0 Å². The van der Waals surface area contributed by atoms with Crippen LogP contribution in [0.4, 0.5) is 0 Å². The zero-order valence-corrected chi connectivity index (χ0v) is 7.82. The summed E-state index contributed by atoms with van der Waals surface area (Å²) in [6.45, 7) is 1.13. The molecule has 0 aromatic rings. The zero-order valence-electron chi connectivity index (χ0n) is 7.00. The van der Waals surface area contributed by atoms with Gasteiger partial charge in [0.05, 0.1) is 13.1 Å². The minimum atomic E-state index is -0.111. The maximum Gasteiger partial charge on any atom is 0.243 e. The van der Waals surface area contributed by atoms with Crippen molar-refractivity contribution in [2.75, 3.05) is 31.6 Å². The fourth-order valence-electron chi connectivity index (χ4n) is 1.04. The number of hydrogen-bond donors (Lipinski definition) is 1. The van der Waals surface area contributed by atoms with E-state index in [2.05, 4.69) is 5.32 Å². The summed E-state index contributed by atoms with van der Waals surface area (Å²) in [4.78, 5) is 23.6. The first-order valence-electron chi connectivity index (χ1n) is 3.78. The fourth-order valence-corrected chi connectivity index (χ4v) is 1.40. The van der Waals surface area contributed by atoms with E-state index in [1.807, 2.05) is 6.26 Å². The van der Waals surface area contributed by atoms with Gasteiger partial charge >= 0.3 is 0 Å². The van der Waals surface area contributed by atoms with Gasteiger partial charge in [-0.05, 0) is 6.26 Å². The summed E-state index contributed by atoms with van der Waals surface area (Å²) in [5.74, 6) is 0.595. The summed E-state index contributed by atoms with van der Waals surface area (Å²) in [5.41, 5.74) is 0. The van der Waals surface area contributed by atoms with Crippen molar-refractivity contribution >= 4 is 23.6 Å². The van der Waals surface area contributed by atoms with Crippen LogP contribution < -0.4 is 5.32 Å². The largest absolute Gasteiger partial charge is 0.300 e. The molecule has 1 aliphatic heterocycles. The molecule has 68 valence electrons. The van der Waals surface area contributed by atoms with Gasteiger partial charge in [0.25, 0.3) is 0 Å². The molecule has 0 atom stereocenters. The Morgan fingerprint density at radius 2 is 2.00 bits per heavy atom. The van der Waals surface area contributed by atoms with Gasteiger partial charge in [0.1, 0.15) is 0 Å². The van der Waals surface area contributed by atoms with Crippen LogP contribution in [0.3, 0.4) is 0 Å². The zero-order chi connectivity index (χ0) is 8.97. The van der Waals surface area contributed by atoms with E-state index < -0.39 is 0 Å². The lowest BCUT2D eigenvalue weighted by Gasteiger charge is -2.24. The Bertz CT molecular complexity index is 180. The monoisotopic (exact) mass is 188 g/mol. The molecule has 0 bridgehead atoms. The average molecular weight is 188 g/mol. The van der Waals surface area contributed by atoms with E-state index >= 15 is 0 Å². The van der Waals surface area contributed by atoms with Crippen molar-refractivity contribution in [2.45, 2.75) is 0 Å². The maximum absolute atomic E-state index is 11.1. The Kier molecular flexibility index (Phi) is 3.55.